The van der Waals surface area contributed by atoms with Crippen molar-refractivity contribution in [2.75, 3.05) is 13.2 Å². The molecule has 0 atom stereocenters. The van der Waals surface area contributed by atoms with Gasteiger partial charge in [0.1, 0.15) is 0 Å². The van der Waals surface area contributed by atoms with E-state index in [4.69, 9.17) is 4.74 Å². The van der Waals surface area contributed by atoms with Crippen LogP contribution in [-0.4, -0.2) is 23.7 Å². The molecule has 1 aliphatic heterocycles. The molecule has 0 saturated carbocycles. The molecule has 1 aromatic carbocycles. The van der Waals surface area contributed by atoms with Crippen molar-refractivity contribution in [1.29, 1.82) is 0 Å². The SMILES string of the molecule is Cc1ccc(CNC2(C)CCOCC2)cc1[N+](=O)[O-]. The molecule has 2 rings (SSSR count). The lowest BCUT2D eigenvalue weighted by atomic mass is 9.92. The molecule has 1 aliphatic rings. The Morgan fingerprint density at radius 2 is 2.11 bits per heavy atom. The molecule has 104 valence electrons. The van der Waals surface area contributed by atoms with Crippen LogP contribution in [0.4, 0.5) is 5.69 Å². The maximum Gasteiger partial charge on any atom is 0.272 e. The summed E-state index contributed by atoms with van der Waals surface area (Å²) in [5.41, 5.74) is 1.91. The van der Waals surface area contributed by atoms with Gasteiger partial charge >= 0.3 is 0 Å². The summed E-state index contributed by atoms with van der Waals surface area (Å²) in [6.45, 7) is 6.14. The summed E-state index contributed by atoms with van der Waals surface area (Å²) in [6.07, 6.45) is 1.95. The lowest BCUT2D eigenvalue weighted by Crippen LogP contribution is -2.46. The molecular weight excluding hydrogens is 244 g/mol. The Balaban J connectivity index is 2.03. The van der Waals surface area contributed by atoms with E-state index in [0.29, 0.717) is 12.1 Å². The third-order valence-corrected chi connectivity index (χ3v) is 3.79. The summed E-state index contributed by atoms with van der Waals surface area (Å²) in [5.74, 6) is 0. The van der Waals surface area contributed by atoms with Crippen molar-refractivity contribution in [3.8, 4) is 0 Å². The standard InChI is InChI=1S/C14H20N2O3/c1-11-3-4-12(9-13(11)16(17)18)10-15-14(2)5-7-19-8-6-14/h3-4,9,15H,5-8,10H2,1-2H3. The van der Waals surface area contributed by atoms with Gasteiger partial charge in [-0.15, -0.1) is 0 Å². The highest BCUT2D eigenvalue weighted by molar-refractivity contribution is 5.42. The lowest BCUT2D eigenvalue weighted by molar-refractivity contribution is -0.385. The normalized spacial score (nSPS) is 18.2. The Kier molecular flexibility index (Phi) is 4.17. The van der Waals surface area contributed by atoms with Gasteiger partial charge in [0.05, 0.1) is 4.92 Å². The summed E-state index contributed by atoms with van der Waals surface area (Å²) in [7, 11) is 0. The van der Waals surface area contributed by atoms with E-state index in [1.807, 2.05) is 12.1 Å². The number of nitro groups is 1. The Morgan fingerprint density at radius 1 is 1.42 bits per heavy atom. The van der Waals surface area contributed by atoms with Crippen LogP contribution in [0.3, 0.4) is 0 Å². The van der Waals surface area contributed by atoms with E-state index >= 15 is 0 Å². The summed E-state index contributed by atoms with van der Waals surface area (Å²) in [4.78, 5) is 10.6. The third kappa shape index (κ3) is 3.52. The molecule has 19 heavy (non-hydrogen) atoms. The van der Waals surface area contributed by atoms with Crippen LogP contribution < -0.4 is 5.32 Å². The van der Waals surface area contributed by atoms with Crippen molar-refractivity contribution in [3.05, 3.63) is 39.4 Å². The number of nitrogens with zero attached hydrogens (tertiary/aromatic N) is 1. The van der Waals surface area contributed by atoms with E-state index in [1.165, 1.54) is 0 Å². The molecule has 0 amide bonds. The molecule has 0 unspecified atom stereocenters. The Bertz CT molecular complexity index is 468. The number of benzene rings is 1. The zero-order valence-electron chi connectivity index (χ0n) is 11.4. The number of rotatable bonds is 4. The Hall–Kier alpha value is -1.46. The van der Waals surface area contributed by atoms with E-state index in [1.54, 1.807) is 13.0 Å². The Labute approximate surface area is 113 Å². The molecule has 1 N–H and O–H groups in total. The van der Waals surface area contributed by atoms with Crippen LogP contribution >= 0.6 is 0 Å². The molecule has 0 bridgehead atoms. The number of hydrogen-bond acceptors (Lipinski definition) is 4. The first-order valence-electron chi connectivity index (χ1n) is 6.57. The van der Waals surface area contributed by atoms with E-state index in [-0.39, 0.29) is 16.1 Å². The summed E-state index contributed by atoms with van der Waals surface area (Å²) in [5, 5.41) is 14.4. The van der Waals surface area contributed by atoms with E-state index in [0.717, 1.165) is 31.6 Å². The van der Waals surface area contributed by atoms with E-state index < -0.39 is 0 Å². The van der Waals surface area contributed by atoms with Gasteiger partial charge in [-0.2, -0.15) is 0 Å². The second-order valence-corrected chi connectivity index (χ2v) is 5.40. The van der Waals surface area contributed by atoms with Gasteiger partial charge in [-0.05, 0) is 32.3 Å². The van der Waals surface area contributed by atoms with Crippen molar-refractivity contribution in [1.82, 2.24) is 5.32 Å². The Morgan fingerprint density at radius 3 is 2.74 bits per heavy atom. The predicted molar refractivity (Wildman–Crippen MR) is 73.1 cm³/mol. The minimum Gasteiger partial charge on any atom is -0.381 e. The topological polar surface area (TPSA) is 64.4 Å². The van der Waals surface area contributed by atoms with Crippen molar-refractivity contribution >= 4 is 5.69 Å². The number of aryl methyl sites for hydroxylation is 1. The van der Waals surface area contributed by atoms with Gasteiger partial charge in [0.2, 0.25) is 0 Å². The average Bonchev–Trinajstić information content (AvgIpc) is 2.38. The fraction of sp³-hybridized carbons (Fsp3) is 0.571. The second kappa shape index (κ2) is 5.67. The van der Waals surface area contributed by atoms with Gasteiger partial charge in [-0.3, -0.25) is 10.1 Å². The molecule has 0 aromatic heterocycles. The maximum atomic E-state index is 10.9. The monoisotopic (exact) mass is 264 g/mol. The fourth-order valence-electron chi connectivity index (χ4n) is 2.28. The van der Waals surface area contributed by atoms with Crippen molar-refractivity contribution in [2.45, 2.75) is 38.8 Å². The first-order valence-corrected chi connectivity index (χ1v) is 6.57. The summed E-state index contributed by atoms with van der Waals surface area (Å²) < 4.78 is 5.35. The number of ether oxygens (including phenoxy) is 1. The van der Waals surface area contributed by atoms with Gasteiger partial charge in [-0.1, -0.05) is 12.1 Å². The molecule has 1 aromatic rings. The molecule has 0 aliphatic carbocycles. The fourth-order valence-corrected chi connectivity index (χ4v) is 2.28. The number of hydrogen-bond donors (Lipinski definition) is 1. The molecular formula is C14H20N2O3. The van der Waals surface area contributed by atoms with E-state index in [9.17, 15) is 10.1 Å². The molecule has 1 saturated heterocycles. The highest BCUT2D eigenvalue weighted by atomic mass is 16.6. The van der Waals surface area contributed by atoms with Crippen molar-refractivity contribution in [2.24, 2.45) is 0 Å². The molecule has 0 spiro atoms. The zero-order valence-corrected chi connectivity index (χ0v) is 11.4. The molecule has 1 heterocycles. The van der Waals surface area contributed by atoms with Crippen LogP contribution in [0.5, 0.6) is 0 Å². The lowest BCUT2D eigenvalue weighted by Gasteiger charge is -2.34. The minimum absolute atomic E-state index is 0.0674. The molecule has 5 heteroatoms. The molecule has 1 fully saturated rings. The second-order valence-electron chi connectivity index (χ2n) is 5.40. The summed E-state index contributed by atoms with van der Waals surface area (Å²) in [6, 6.07) is 5.41. The van der Waals surface area contributed by atoms with Crippen LogP contribution in [0.15, 0.2) is 18.2 Å². The van der Waals surface area contributed by atoms with Gasteiger partial charge < -0.3 is 10.1 Å². The van der Waals surface area contributed by atoms with E-state index in [2.05, 4.69) is 12.2 Å². The first kappa shape index (κ1) is 14.0. The van der Waals surface area contributed by atoms with Crippen molar-refractivity contribution in [3.63, 3.8) is 0 Å². The van der Waals surface area contributed by atoms with Gasteiger partial charge in [0.25, 0.3) is 5.69 Å². The van der Waals surface area contributed by atoms with Crippen LogP contribution in [0, 0.1) is 17.0 Å². The predicted octanol–water partition coefficient (Wildman–Crippen LogP) is 2.56. The largest absolute Gasteiger partial charge is 0.381 e. The van der Waals surface area contributed by atoms with Crippen LogP contribution in [0.1, 0.15) is 30.9 Å². The van der Waals surface area contributed by atoms with Gasteiger partial charge in [0.15, 0.2) is 0 Å². The highest BCUT2D eigenvalue weighted by Gasteiger charge is 2.26. The number of nitrogens with one attached hydrogen (secondary N) is 1. The smallest absolute Gasteiger partial charge is 0.272 e. The van der Waals surface area contributed by atoms with Gasteiger partial charge in [-0.25, -0.2) is 0 Å². The van der Waals surface area contributed by atoms with Crippen LogP contribution in [0.25, 0.3) is 0 Å². The number of nitro benzene ring substituents is 1. The molecule has 5 nitrogen and oxygen atoms in total. The zero-order chi connectivity index (χ0) is 13.9. The quantitative estimate of drug-likeness (QED) is 0.670. The van der Waals surface area contributed by atoms with Gasteiger partial charge in [0, 0.05) is 36.9 Å². The highest BCUT2D eigenvalue weighted by Crippen LogP contribution is 2.22. The maximum absolute atomic E-state index is 10.9. The van der Waals surface area contributed by atoms with Crippen LogP contribution in [0.2, 0.25) is 0 Å². The van der Waals surface area contributed by atoms with Crippen LogP contribution in [-0.2, 0) is 11.3 Å². The minimum atomic E-state index is -0.324. The average molecular weight is 264 g/mol. The first-order chi connectivity index (χ1) is 9.00. The third-order valence-electron chi connectivity index (χ3n) is 3.79. The van der Waals surface area contributed by atoms with Crippen molar-refractivity contribution < 1.29 is 9.66 Å². The summed E-state index contributed by atoms with van der Waals surface area (Å²) >= 11 is 0. The molecule has 0 radical (unpaired) electrons.